The van der Waals surface area contributed by atoms with Crippen LogP contribution in [0.3, 0.4) is 0 Å². The molecule has 0 saturated heterocycles. The molecule has 0 bridgehead atoms. The van der Waals surface area contributed by atoms with Gasteiger partial charge in [-0.15, -0.1) is 0 Å². The van der Waals surface area contributed by atoms with Crippen LogP contribution in [0.1, 0.15) is 19.4 Å². The van der Waals surface area contributed by atoms with Crippen molar-refractivity contribution in [2.45, 2.75) is 20.0 Å². The number of amides is 2. The minimum atomic E-state index is -3.17. The Morgan fingerprint density at radius 3 is 2.14 bits per heavy atom. The molecule has 0 saturated carbocycles. The molecule has 0 spiro atoms. The lowest BCUT2D eigenvalue weighted by atomic mass is 10.2. The van der Waals surface area contributed by atoms with Gasteiger partial charge in [-0.05, 0) is 43.7 Å². The van der Waals surface area contributed by atoms with E-state index in [4.69, 9.17) is 18.5 Å². The van der Waals surface area contributed by atoms with Crippen molar-refractivity contribution in [1.82, 2.24) is 0 Å². The number of methoxy groups -OCH3 is 2. The van der Waals surface area contributed by atoms with Crippen LogP contribution in [-0.4, -0.2) is 33.5 Å². The number of carbonyl (C=O) groups excluding carboxylic acids is 1. The fourth-order valence-electron chi connectivity index (χ4n) is 2.64. The van der Waals surface area contributed by atoms with Crippen LogP contribution in [-0.2, 0) is 19.8 Å². The number of hydrogen-bond donors (Lipinski definition) is 2. The lowest BCUT2D eigenvalue weighted by molar-refractivity contribution is 0.219. The molecule has 8 nitrogen and oxygen atoms in total. The number of benzene rings is 2. The van der Waals surface area contributed by atoms with E-state index in [2.05, 4.69) is 10.6 Å². The predicted molar refractivity (Wildman–Crippen MR) is 113 cm³/mol. The highest BCUT2D eigenvalue weighted by Crippen LogP contribution is 2.51. The highest BCUT2D eigenvalue weighted by molar-refractivity contribution is 7.53. The number of anilines is 2. The van der Waals surface area contributed by atoms with E-state index in [-0.39, 0.29) is 6.16 Å². The van der Waals surface area contributed by atoms with Gasteiger partial charge in [-0.2, -0.15) is 0 Å². The van der Waals surface area contributed by atoms with Crippen LogP contribution < -0.4 is 20.1 Å². The van der Waals surface area contributed by atoms with Crippen LogP contribution >= 0.6 is 7.60 Å². The summed E-state index contributed by atoms with van der Waals surface area (Å²) in [5.74, 6) is 1.11. The number of hydrogen-bond acceptors (Lipinski definition) is 6. The molecule has 0 aliphatic rings. The Kier molecular flexibility index (Phi) is 8.51. The SMILES string of the molecule is CCOP(=O)(Cc1ccc(NC(=O)Nc2cc(OC)ccc2OC)cc1)OCC. The van der Waals surface area contributed by atoms with Crippen molar-refractivity contribution in [1.29, 1.82) is 0 Å². The van der Waals surface area contributed by atoms with Crippen LogP contribution in [0.15, 0.2) is 42.5 Å². The highest BCUT2D eigenvalue weighted by atomic mass is 31.2. The normalized spacial score (nSPS) is 11.0. The first-order valence-electron chi connectivity index (χ1n) is 9.20. The maximum atomic E-state index is 12.6. The zero-order chi connectivity index (χ0) is 21.3. The van der Waals surface area contributed by atoms with Crippen LogP contribution in [0.25, 0.3) is 0 Å². The van der Waals surface area contributed by atoms with E-state index in [9.17, 15) is 9.36 Å². The average molecular weight is 422 g/mol. The van der Waals surface area contributed by atoms with E-state index in [0.717, 1.165) is 5.56 Å². The minimum Gasteiger partial charge on any atom is -0.497 e. The summed E-state index contributed by atoms with van der Waals surface area (Å²) in [5, 5.41) is 5.47. The number of urea groups is 1. The molecule has 0 aromatic heterocycles. The summed E-state index contributed by atoms with van der Waals surface area (Å²) in [5.41, 5.74) is 1.85. The molecule has 0 atom stereocenters. The van der Waals surface area contributed by atoms with Gasteiger partial charge < -0.3 is 29.2 Å². The summed E-state index contributed by atoms with van der Waals surface area (Å²) in [4.78, 5) is 12.3. The molecule has 2 amide bonds. The van der Waals surface area contributed by atoms with Crippen LogP contribution in [0.2, 0.25) is 0 Å². The molecule has 9 heteroatoms. The maximum Gasteiger partial charge on any atom is 0.335 e. The highest BCUT2D eigenvalue weighted by Gasteiger charge is 2.23. The summed E-state index contributed by atoms with van der Waals surface area (Å²) in [6.07, 6.45) is 0.169. The van der Waals surface area contributed by atoms with Crippen LogP contribution in [0, 0.1) is 0 Å². The molecule has 2 rings (SSSR count). The van der Waals surface area contributed by atoms with Crippen molar-refractivity contribution in [2.24, 2.45) is 0 Å². The molecule has 29 heavy (non-hydrogen) atoms. The van der Waals surface area contributed by atoms with Gasteiger partial charge in [-0.3, -0.25) is 4.57 Å². The summed E-state index contributed by atoms with van der Waals surface area (Å²) >= 11 is 0. The monoisotopic (exact) mass is 422 g/mol. The van der Waals surface area contributed by atoms with Gasteiger partial charge in [0, 0.05) is 11.8 Å². The second-order valence-corrected chi connectivity index (χ2v) is 8.00. The molecular formula is C20H27N2O6P. The molecule has 0 aliphatic heterocycles. The Bertz CT molecular complexity index is 847. The van der Waals surface area contributed by atoms with Crippen molar-refractivity contribution in [3.63, 3.8) is 0 Å². The molecule has 158 valence electrons. The smallest absolute Gasteiger partial charge is 0.335 e. The van der Waals surface area contributed by atoms with Gasteiger partial charge in [0.2, 0.25) is 0 Å². The number of nitrogens with one attached hydrogen (secondary N) is 2. The molecule has 2 N–H and O–H groups in total. The lowest BCUT2D eigenvalue weighted by Gasteiger charge is -2.17. The second kappa shape index (κ2) is 10.9. The van der Waals surface area contributed by atoms with Gasteiger partial charge in [-0.25, -0.2) is 4.79 Å². The van der Waals surface area contributed by atoms with Gasteiger partial charge in [0.15, 0.2) is 0 Å². The summed E-state index contributed by atoms with van der Waals surface area (Å²) < 4.78 is 33.6. The fourth-order valence-corrected chi connectivity index (χ4v) is 4.34. The Morgan fingerprint density at radius 1 is 0.931 bits per heavy atom. The predicted octanol–water partition coefficient (Wildman–Crippen LogP) is 5.11. The van der Waals surface area contributed by atoms with Crippen molar-refractivity contribution < 1.29 is 27.9 Å². The maximum absolute atomic E-state index is 12.6. The summed E-state index contributed by atoms with van der Waals surface area (Å²) in [7, 11) is -0.107. The summed E-state index contributed by atoms with van der Waals surface area (Å²) in [6.45, 7) is 4.17. The number of rotatable bonds is 10. The lowest BCUT2D eigenvalue weighted by Crippen LogP contribution is -2.19. The zero-order valence-corrected chi connectivity index (χ0v) is 18.0. The molecule has 0 heterocycles. The van der Waals surface area contributed by atoms with Gasteiger partial charge in [0.25, 0.3) is 0 Å². The van der Waals surface area contributed by atoms with E-state index in [1.807, 2.05) is 0 Å². The van der Waals surface area contributed by atoms with E-state index in [1.54, 1.807) is 63.4 Å². The fraction of sp³-hybridized carbons (Fsp3) is 0.350. The van der Waals surface area contributed by atoms with Gasteiger partial charge in [-0.1, -0.05) is 12.1 Å². The van der Waals surface area contributed by atoms with Gasteiger partial charge in [0.05, 0.1) is 39.3 Å². The van der Waals surface area contributed by atoms with Gasteiger partial charge >= 0.3 is 13.6 Å². The van der Waals surface area contributed by atoms with Crippen molar-refractivity contribution in [3.05, 3.63) is 48.0 Å². The Labute approximate surface area is 171 Å². The quantitative estimate of drug-likeness (QED) is 0.517. The first-order chi connectivity index (χ1) is 13.9. The third-order valence-electron chi connectivity index (χ3n) is 3.89. The zero-order valence-electron chi connectivity index (χ0n) is 17.1. The van der Waals surface area contributed by atoms with Crippen molar-refractivity contribution in [2.75, 3.05) is 38.1 Å². The molecular weight excluding hydrogens is 395 g/mol. The summed E-state index contributed by atoms with van der Waals surface area (Å²) in [6, 6.07) is 11.7. The van der Waals surface area contributed by atoms with E-state index >= 15 is 0 Å². The van der Waals surface area contributed by atoms with E-state index in [0.29, 0.717) is 36.1 Å². The first-order valence-corrected chi connectivity index (χ1v) is 10.9. The first kappa shape index (κ1) is 22.7. The molecule has 0 unspecified atom stereocenters. The topological polar surface area (TPSA) is 95.1 Å². The van der Waals surface area contributed by atoms with Gasteiger partial charge in [0.1, 0.15) is 11.5 Å². The van der Waals surface area contributed by atoms with Crippen LogP contribution in [0.5, 0.6) is 11.5 Å². The standard InChI is InChI=1S/C20H27N2O6P/c1-5-27-29(24,28-6-2)14-15-7-9-16(10-8-15)21-20(23)22-18-13-17(25-3)11-12-19(18)26-4/h7-13H,5-6,14H2,1-4H3,(H2,21,22,23). The van der Waals surface area contributed by atoms with Crippen LogP contribution in [0.4, 0.5) is 16.2 Å². The second-order valence-electron chi connectivity index (χ2n) is 5.95. The van der Waals surface area contributed by atoms with Crippen molar-refractivity contribution >= 4 is 25.0 Å². The molecule has 0 aliphatic carbocycles. The molecule has 2 aromatic rings. The number of ether oxygens (including phenoxy) is 2. The Hall–Kier alpha value is -2.54. The Morgan fingerprint density at radius 2 is 1.59 bits per heavy atom. The van der Waals surface area contributed by atoms with E-state index < -0.39 is 13.6 Å². The molecule has 2 aromatic carbocycles. The minimum absolute atomic E-state index is 0.169. The number of carbonyl (C=O) groups is 1. The largest absolute Gasteiger partial charge is 0.497 e. The molecule has 0 fully saturated rings. The van der Waals surface area contributed by atoms with E-state index in [1.165, 1.54) is 7.11 Å². The van der Waals surface area contributed by atoms with Crippen molar-refractivity contribution in [3.8, 4) is 11.5 Å². The average Bonchev–Trinajstić information content (AvgIpc) is 2.69. The Balaban J connectivity index is 2.02. The third-order valence-corrected chi connectivity index (χ3v) is 5.95. The third kappa shape index (κ3) is 6.78. The molecule has 0 radical (unpaired) electrons.